The minimum Gasteiger partial charge on any atom is -0.339 e. The van der Waals surface area contributed by atoms with E-state index in [1.165, 1.54) is 6.08 Å². The SMILES string of the molecule is CC(NC(=O)/C=C/c1ccc(S(=O)(=O)NC2CC2)cc1)(c1ccccc1)c1ccccc1. The van der Waals surface area contributed by atoms with Crippen LogP contribution in [0.15, 0.2) is 95.9 Å². The van der Waals surface area contributed by atoms with Gasteiger partial charge in [-0.25, -0.2) is 13.1 Å². The fourth-order valence-electron chi connectivity index (χ4n) is 3.56. The minimum absolute atomic E-state index is 0.0619. The molecule has 5 nitrogen and oxygen atoms in total. The van der Waals surface area contributed by atoms with Crippen molar-refractivity contribution in [1.29, 1.82) is 0 Å². The van der Waals surface area contributed by atoms with E-state index in [2.05, 4.69) is 10.0 Å². The zero-order valence-electron chi connectivity index (χ0n) is 17.9. The molecule has 32 heavy (non-hydrogen) atoms. The first-order valence-corrected chi connectivity index (χ1v) is 12.1. The predicted molar refractivity (Wildman–Crippen MR) is 126 cm³/mol. The lowest BCUT2D eigenvalue weighted by Crippen LogP contribution is -2.43. The summed E-state index contributed by atoms with van der Waals surface area (Å²) in [4.78, 5) is 13.1. The Labute approximate surface area is 189 Å². The Morgan fingerprint density at radius 3 is 1.91 bits per heavy atom. The normalized spacial score (nSPS) is 14.4. The lowest BCUT2D eigenvalue weighted by Gasteiger charge is -2.31. The van der Waals surface area contributed by atoms with Crippen molar-refractivity contribution in [3.8, 4) is 0 Å². The maximum absolute atomic E-state index is 12.8. The standard InChI is InChI=1S/C26H26N2O3S/c1-26(21-8-4-2-5-9-21,22-10-6-3-7-11-22)27-25(29)19-14-20-12-17-24(18-13-20)32(30,31)28-23-15-16-23/h2-14,17-19,23,28H,15-16H2,1H3,(H,27,29)/b19-14+. The van der Waals surface area contributed by atoms with E-state index in [1.807, 2.05) is 67.6 Å². The maximum atomic E-state index is 12.8. The highest BCUT2D eigenvalue weighted by Crippen LogP contribution is 2.29. The molecule has 0 atom stereocenters. The summed E-state index contributed by atoms with van der Waals surface area (Å²) in [5.74, 6) is -0.243. The number of benzene rings is 3. The number of hydrogen-bond donors (Lipinski definition) is 2. The number of hydrogen-bond acceptors (Lipinski definition) is 3. The number of nitrogens with one attached hydrogen (secondary N) is 2. The predicted octanol–water partition coefficient (Wildman–Crippen LogP) is 4.22. The molecule has 164 valence electrons. The van der Waals surface area contributed by atoms with E-state index in [4.69, 9.17) is 0 Å². The van der Waals surface area contributed by atoms with E-state index >= 15 is 0 Å². The fourth-order valence-corrected chi connectivity index (χ4v) is 4.87. The van der Waals surface area contributed by atoms with Gasteiger partial charge in [0.2, 0.25) is 15.9 Å². The summed E-state index contributed by atoms with van der Waals surface area (Å²) < 4.78 is 27.2. The van der Waals surface area contributed by atoms with Crippen molar-refractivity contribution in [2.24, 2.45) is 0 Å². The van der Waals surface area contributed by atoms with Crippen LogP contribution in [0.5, 0.6) is 0 Å². The number of carbonyl (C=O) groups excluding carboxylic acids is 1. The van der Waals surface area contributed by atoms with Gasteiger partial charge in [-0.3, -0.25) is 4.79 Å². The Morgan fingerprint density at radius 2 is 1.41 bits per heavy atom. The lowest BCUT2D eigenvalue weighted by molar-refractivity contribution is -0.117. The lowest BCUT2D eigenvalue weighted by atomic mass is 9.84. The highest BCUT2D eigenvalue weighted by atomic mass is 32.2. The monoisotopic (exact) mass is 446 g/mol. The summed E-state index contributed by atoms with van der Waals surface area (Å²) in [5, 5.41) is 3.13. The first-order chi connectivity index (χ1) is 15.4. The van der Waals surface area contributed by atoms with E-state index in [0.29, 0.717) is 0 Å². The van der Waals surface area contributed by atoms with Gasteiger partial charge in [0.25, 0.3) is 0 Å². The smallest absolute Gasteiger partial charge is 0.244 e. The summed E-state index contributed by atoms with van der Waals surface area (Å²) in [7, 11) is -3.48. The molecule has 6 heteroatoms. The van der Waals surface area contributed by atoms with E-state index in [9.17, 15) is 13.2 Å². The van der Waals surface area contributed by atoms with Gasteiger partial charge in [0.05, 0.1) is 10.4 Å². The molecule has 0 unspecified atom stereocenters. The summed E-state index contributed by atoms with van der Waals surface area (Å²) in [5.41, 5.74) is 2.00. The van der Waals surface area contributed by atoms with Crippen LogP contribution in [0, 0.1) is 0 Å². The molecule has 0 heterocycles. The maximum Gasteiger partial charge on any atom is 0.244 e. The van der Waals surface area contributed by atoms with Crippen LogP contribution in [0.3, 0.4) is 0 Å². The largest absolute Gasteiger partial charge is 0.339 e. The summed E-state index contributed by atoms with van der Waals surface area (Å²) >= 11 is 0. The van der Waals surface area contributed by atoms with E-state index in [-0.39, 0.29) is 16.8 Å². The molecule has 0 radical (unpaired) electrons. The highest BCUT2D eigenvalue weighted by molar-refractivity contribution is 7.89. The van der Waals surface area contributed by atoms with Gasteiger partial charge in [-0.1, -0.05) is 72.8 Å². The van der Waals surface area contributed by atoms with Crippen molar-refractivity contribution in [2.45, 2.75) is 36.2 Å². The van der Waals surface area contributed by atoms with Gasteiger partial charge in [-0.05, 0) is 54.7 Å². The van der Waals surface area contributed by atoms with Gasteiger partial charge in [0, 0.05) is 12.1 Å². The van der Waals surface area contributed by atoms with Crippen molar-refractivity contribution in [3.63, 3.8) is 0 Å². The molecule has 4 rings (SSSR count). The first kappa shape index (κ1) is 22.0. The van der Waals surface area contributed by atoms with Crippen LogP contribution in [0.1, 0.15) is 36.5 Å². The van der Waals surface area contributed by atoms with Crippen LogP contribution in [0.2, 0.25) is 0 Å². The van der Waals surface area contributed by atoms with E-state index in [0.717, 1.165) is 29.5 Å². The van der Waals surface area contributed by atoms with Crippen LogP contribution in [0.25, 0.3) is 6.08 Å². The number of carbonyl (C=O) groups is 1. The highest BCUT2D eigenvalue weighted by Gasteiger charge is 2.30. The Kier molecular flexibility index (Phi) is 6.26. The van der Waals surface area contributed by atoms with Gasteiger partial charge >= 0.3 is 0 Å². The molecule has 1 aliphatic carbocycles. The molecule has 0 bridgehead atoms. The molecule has 0 aromatic heterocycles. The topological polar surface area (TPSA) is 75.3 Å². The van der Waals surface area contributed by atoms with Crippen molar-refractivity contribution in [3.05, 3.63) is 108 Å². The number of rotatable bonds is 8. The Morgan fingerprint density at radius 1 is 0.875 bits per heavy atom. The summed E-state index contributed by atoms with van der Waals surface area (Å²) in [6.07, 6.45) is 4.92. The minimum atomic E-state index is -3.48. The quantitative estimate of drug-likeness (QED) is 0.509. The average Bonchev–Trinajstić information content (AvgIpc) is 3.62. The Hall–Kier alpha value is -3.22. The molecule has 1 amide bonds. The van der Waals surface area contributed by atoms with Crippen LogP contribution in [-0.4, -0.2) is 20.4 Å². The van der Waals surface area contributed by atoms with Crippen molar-refractivity contribution >= 4 is 22.0 Å². The first-order valence-electron chi connectivity index (χ1n) is 10.6. The third-order valence-electron chi connectivity index (χ3n) is 5.59. The second-order valence-corrected chi connectivity index (χ2v) is 9.86. The van der Waals surface area contributed by atoms with Gasteiger partial charge in [0.1, 0.15) is 0 Å². The molecule has 1 fully saturated rings. The van der Waals surface area contributed by atoms with Gasteiger partial charge in [-0.2, -0.15) is 0 Å². The van der Waals surface area contributed by atoms with Crippen molar-refractivity contribution < 1.29 is 13.2 Å². The summed E-state index contributed by atoms with van der Waals surface area (Å²) in [6.45, 7) is 1.98. The zero-order valence-corrected chi connectivity index (χ0v) is 18.7. The molecular formula is C26H26N2O3S. The summed E-state index contributed by atoms with van der Waals surface area (Å²) in [6, 6.07) is 26.2. The van der Waals surface area contributed by atoms with Crippen molar-refractivity contribution in [1.82, 2.24) is 10.0 Å². The second kappa shape index (κ2) is 9.10. The zero-order chi connectivity index (χ0) is 22.6. The molecular weight excluding hydrogens is 420 g/mol. The molecule has 2 N–H and O–H groups in total. The third kappa shape index (κ3) is 5.15. The molecule has 3 aromatic rings. The Bertz CT molecular complexity index is 1160. The molecule has 0 aliphatic heterocycles. The van der Waals surface area contributed by atoms with Gasteiger partial charge in [0.15, 0.2) is 0 Å². The molecule has 0 spiro atoms. The molecule has 3 aromatic carbocycles. The van der Waals surface area contributed by atoms with Crippen LogP contribution in [-0.2, 0) is 20.4 Å². The van der Waals surface area contributed by atoms with Crippen LogP contribution >= 0.6 is 0 Å². The third-order valence-corrected chi connectivity index (χ3v) is 7.13. The number of sulfonamides is 1. The number of amides is 1. The van der Waals surface area contributed by atoms with E-state index < -0.39 is 15.6 Å². The molecule has 0 saturated heterocycles. The fraction of sp³-hybridized carbons (Fsp3) is 0.192. The van der Waals surface area contributed by atoms with Crippen molar-refractivity contribution in [2.75, 3.05) is 0 Å². The average molecular weight is 447 g/mol. The van der Waals surface area contributed by atoms with Gasteiger partial charge < -0.3 is 5.32 Å². The van der Waals surface area contributed by atoms with Gasteiger partial charge in [-0.15, -0.1) is 0 Å². The second-order valence-electron chi connectivity index (χ2n) is 8.14. The molecule has 1 aliphatic rings. The molecule has 1 saturated carbocycles. The van der Waals surface area contributed by atoms with E-state index in [1.54, 1.807) is 30.3 Å². The Balaban J connectivity index is 1.50. The van der Waals surface area contributed by atoms with Crippen LogP contribution < -0.4 is 10.0 Å². The van der Waals surface area contributed by atoms with Crippen LogP contribution in [0.4, 0.5) is 0 Å².